The van der Waals surface area contributed by atoms with Gasteiger partial charge in [0.2, 0.25) is 5.89 Å². The van der Waals surface area contributed by atoms with E-state index in [1.807, 2.05) is 35.0 Å². The number of oxazole rings is 1. The molecule has 3 aromatic rings. The molecular weight excluding hydrogens is 346 g/mol. The van der Waals surface area contributed by atoms with Gasteiger partial charge < -0.3 is 9.73 Å². The molecule has 24 heavy (non-hydrogen) atoms. The average Bonchev–Trinajstić information content (AvgIpc) is 3.34. The van der Waals surface area contributed by atoms with E-state index < -0.39 is 11.6 Å². The van der Waals surface area contributed by atoms with Crippen LogP contribution in [0.3, 0.4) is 0 Å². The minimum Gasteiger partial charge on any atom is -0.443 e. The lowest BCUT2D eigenvalue weighted by molar-refractivity contribution is -0.131. The van der Waals surface area contributed by atoms with Gasteiger partial charge in [0.1, 0.15) is 6.26 Å². The smallest absolute Gasteiger partial charge is 0.325 e. The summed E-state index contributed by atoms with van der Waals surface area (Å²) in [4.78, 5) is 32.3. The minimum absolute atomic E-state index is 0.0838. The predicted molar refractivity (Wildman–Crippen MR) is 90.6 cm³/mol. The van der Waals surface area contributed by atoms with Crippen LogP contribution in [-0.2, 0) is 16.9 Å². The molecule has 0 aromatic carbocycles. The van der Waals surface area contributed by atoms with Gasteiger partial charge in [-0.3, -0.25) is 9.69 Å². The van der Waals surface area contributed by atoms with E-state index in [1.165, 1.54) is 33.8 Å². The average molecular weight is 359 g/mol. The highest BCUT2D eigenvalue weighted by atomic mass is 32.1. The molecule has 4 heterocycles. The van der Waals surface area contributed by atoms with E-state index in [-0.39, 0.29) is 12.5 Å². The Hall–Kier alpha value is -2.45. The Bertz CT molecular complexity index is 886. The summed E-state index contributed by atoms with van der Waals surface area (Å²) in [6.07, 6.45) is 1.48. The first-order valence-electron chi connectivity index (χ1n) is 7.24. The predicted octanol–water partition coefficient (Wildman–Crippen LogP) is 3.43. The Morgan fingerprint density at radius 1 is 1.25 bits per heavy atom. The summed E-state index contributed by atoms with van der Waals surface area (Å²) in [6.45, 7) is 1.81. The van der Waals surface area contributed by atoms with Gasteiger partial charge in [-0.25, -0.2) is 9.78 Å². The van der Waals surface area contributed by atoms with E-state index in [1.54, 1.807) is 6.92 Å². The second-order valence-electron chi connectivity index (χ2n) is 5.55. The first kappa shape index (κ1) is 15.1. The second-order valence-corrected chi connectivity index (χ2v) is 7.44. The third-order valence-electron chi connectivity index (χ3n) is 3.89. The summed E-state index contributed by atoms with van der Waals surface area (Å²) in [7, 11) is 0. The highest BCUT2D eigenvalue weighted by molar-refractivity contribution is 7.13. The van der Waals surface area contributed by atoms with Crippen molar-refractivity contribution in [3.63, 3.8) is 0 Å². The molecule has 0 aliphatic carbocycles. The van der Waals surface area contributed by atoms with E-state index in [0.29, 0.717) is 11.6 Å². The van der Waals surface area contributed by atoms with Crippen molar-refractivity contribution >= 4 is 34.6 Å². The molecule has 1 unspecified atom stereocenters. The van der Waals surface area contributed by atoms with Gasteiger partial charge in [-0.2, -0.15) is 0 Å². The van der Waals surface area contributed by atoms with Crippen molar-refractivity contribution in [3.8, 4) is 10.8 Å². The molecule has 0 bridgehead atoms. The Morgan fingerprint density at radius 2 is 2.04 bits per heavy atom. The van der Waals surface area contributed by atoms with Crippen molar-refractivity contribution in [2.75, 3.05) is 0 Å². The van der Waals surface area contributed by atoms with Crippen molar-refractivity contribution < 1.29 is 14.0 Å². The maximum atomic E-state index is 12.8. The summed E-state index contributed by atoms with van der Waals surface area (Å²) in [5, 5.41) is 6.59. The number of rotatable bonds is 4. The van der Waals surface area contributed by atoms with Crippen LogP contribution in [-0.4, -0.2) is 21.8 Å². The Kier molecular flexibility index (Phi) is 3.50. The molecular formula is C16H13N3O3S2. The van der Waals surface area contributed by atoms with Crippen molar-refractivity contribution in [2.45, 2.75) is 19.0 Å². The van der Waals surface area contributed by atoms with Gasteiger partial charge in [0.05, 0.1) is 17.1 Å². The van der Waals surface area contributed by atoms with E-state index in [0.717, 1.165) is 9.75 Å². The van der Waals surface area contributed by atoms with E-state index in [2.05, 4.69) is 10.3 Å². The highest BCUT2D eigenvalue weighted by Gasteiger charge is 2.49. The van der Waals surface area contributed by atoms with Gasteiger partial charge in [-0.1, -0.05) is 12.1 Å². The van der Waals surface area contributed by atoms with Crippen LogP contribution >= 0.6 is 22.7 Å². The second kappa shape index (κ2) is 5.57. The number of carbonyl (C=O) groups is 2. The van der Waals surface area contributed by atoms with Crippen LogP contribution in [0.25, 0.3) is 10.8 Å². The van der Waals surface area contributed by atoms with E-state index in [9.17, 15) is 9.59 Å². The maximum Gasteiger partial charge on any atom is 0.325 e. The molecule has 0 radical (unpaired) electrons. The molecule has 6 nitrogen and oxygen atoms in total. The number of urea groups is 1. The Labute approximate surface area is 145 Å². The van der Waals surface area contributed by atoms with Gasteiger partial charge in [0, 0.05) is 4.88 Å². The van der Waals surface area contributed by atoms with Gasteiger partial charge in [0.15, 0.2) is 5.54 Å². The quantitative estimate of drug-likeness (QED) is 0.724. The molecule has 0 spiro atoms. The topological polar surface area (TPSA) is 75.4 Å². The Balaban J connectivity index is 1.57. The normalized spacial score (nSPS) is 20.6. The van der Waals surface area contributed by atoms with Crippen LogP contribution in [0.4, 0.5) is 4.79 Å². The summed E-state index contributed by atoms with van der Waals surface area (Å²) < 4.78 is 5.45. The number of hydrogen-bond donors (Lipinski definition) is 1. The molecule has 4 rings (SSSR count). The van der Waals surface area contributed by atoms with Gasteiger partial charge in [-0.05, 0) is 29.8 Å². The molecule has 3 aromatic heterocycles. The fraction of sp³-hybridized carbons (Fsp3) is 0.188. The zero-order valence-corrected chi connectivity index (χ0v) is 14.3. The fourth-order valence-corrected chi connectivity index (χ4v) is 4.12. The molecule has 3 amide bonds. The van der Waals surface area contributed by atoms with Crippen molar-refractivity contribution in [1.82, 2.24) is 15.2 Å². The number of amides is 3. The number of thiophene rings is 2. The van der Waals surface area contributed by atoms with Crippen LogP contribution in [0, 0.1) is 0 Å². The summed E-state index contributed by atoms with van der Waals surface area (Å²) in [5.74, 6) is 0.212. The lowest BCUT2D eigenvalue weighted by Gasteiger charge is -2.19. The van der Waals surface area contributed by atoms with Crippen LogP contribution in [0.1, 0.15) is 17.5 Å². The molecule has 8 heteroatoms. The number of imide groups is 1. The third-order valence-corrected chi connectivity index (χ3v) is 5.84. The summed E-state index contributed by atoms with van der Waals surface area (Å²) >= 11 is 2.96. The largest absolute Gasteiger partial charge is 0.443 e. The zero-order valence-electron chi connectivity index (χ0n) is 12.7. The van der Waals surface area contributed by atoms with E-state index in [4.69, 9.17) is 4.42 Å². The third kappa shape index (κ3) is 2.35. The Morgan fingerprint density at radius 3 is 2.75 bits per heavy atom. The van der Waals surface area contributed by atoms with Gasteiger partial charge >= 0.3 is 6.03 Å². The van der Waals surface area contributed by atoms with Crippen LogP contribution < -0.4 is 5.32 Å². The molecule has 0 saturated carbocycles. The number of carbonyl (C=O) groups excluding carboxylic acids is 2. The highest BCUT2D eigenvalue weighted by Crippen LogP contribution is 2.33. The van der Waals surface area contributed by atoms with Crippen molar-refractivity contribution in [1.29, 1.82) is 0 Å². The SMILES string of the molecule is CC1(c2cccs2)NC(=O)N(Cc2coc(-c3cccs3)n2)C1=O. The lowest BCUT2D eigenvalue weighted by atomic mass is 10.0. The first-order chi connectivity index (χ1) is 11.6. The van der Waals surface area contributed by atoms with Gasteiger partial charge in [-0.15, -0.1) is 22.7 Å². The van der Waals surface area contributed by atoms with Crippen LogP contribution in [0.2, 0.25) is 0 Å². The van der Waals surface area contributed by atoms with Crippen molar-refractivity contribution in [3.05, 3.63) is 51.9 Å². The number of nitrogens with zero attached hydrogens (tertiary/aromatic N) is 2. The number of aromatic nitrogens is 1. The summed E-state index contributed by atoms with van der Waals surface area (Å²) in [5.41, 5.74) is -0.483. The molecule has 1 aliphatic rings. The summed E-state index contributed by atoms with van der Waals surface area (Å²) in [6, 6.07) is 7.10. The molecule has 1 fully saturated rings. The number of nitrogens with one attached hydrogen (secondary N) is 1. The first-order valence-corrected chi connectivity index (χ1v) is 9.00. The fourth-order valence-electron chi connectivity index (χ4n) is 2.63. The van der Waals surface area contributed by atoms with Crippen LogP contribution in [0.15, 0.2) is 45.7 Å². The van der Waals surface area contributed by atoms with Gasteiger partial charge in [0.25, 0.3) is 5.91 Å². The van der Waals surface area contributed by atoms with Crippen LogP contribution in [0.5, 0.6) is 0 Å². The molecule has 122 valence electrons. The minimum atomic E-state index is -1.02. The maximum absolute atomic E-state index is 12.8. The van der Waals surface area contributed by atoms with Crippen molar-refractivity contribution in [2.24, 2.45) is 0 Å². The molecule has 1 saturated heterocycles. The number of hydrogen-bond acceptors (Lipinski definition) is 6. The van der Waals surface area contributed by atoms with E-state index >= 15 is 0 Å². The monoisotopic (exact) mass is 359 g/mol. The molecule has 1 atom stereocenters. The molecule has 1 aliphatic heterocycles. The lowest BCUT2D eigenvalue weighted by Crippen LogP contribution is -2.40. The standard InChI is InChI=1S/C16H13N3O3S2/c1-16(12-5-3-7-24-12)14(20)19(15(21)18-16)8-10-9-22-13(17-10)11-4-2-6-23-11/h2-7,9H,8H2,1H3,(H,18,21). The zero-order chi connectivity index (χ0) is 16.7. The molecule has 1 N–H and O–H groups in total.